The van der Waals surface area contributed by atoms with Crippen LogP contribution in [-0.4, -0.2) is 5.75 Å². The van der Waals surface area contributed by atoms with Crippen LogP contribution in [0.5, 0.6) is 0 Å². The van der Waals surface area contributed by atoms with Gasteiger partial charge in [-0.25, -0.2) is 0 Å². The maximum Gasteiger partial charge on any atom is -0.00633 e. The highest BCUT2D eigenvalue weighted by Gasteiger charge is 1.76. The van der Waals surface area contributed by atoms with Crippen molar-refractivity contribution in [2.45, 2.75) is 32.6 Å². The SMILES string of the molecule is CCCC/C=C/CCS. The van der Waals surface area contributed by atoms with Gasteiger partial charge in [0.25, 0.3) is 0 Å². The lowest BCUT2D eigenvalue weighted by Crippen LogP contribution is -1.69. The predicted molar refractivity (Wildman–Crippen MR) is 47.1 cm³/mol. The zero-order valence-electron chi connectivity index (χ0n) is 6.14. The van der Waals surface area contributed by atoms with Crippen molar-refractivity contribution in [3.63, 3.8) is 0 Å². The first-order valence-electron chi connectivity index (χ1n) is 3.67. The van der Waals surface area contributed by atoms with Gasteiger partial charge < -0.3 is 0 Å². The predicted octanol–water partition coefficient (Wildman–Crippen LogP) is 3.05. The topological polar surface area (TPSA) is 0 Å². The van der Waals surface area contributed by atoms with Gasteiger partial charge in [0.2, 0.25) is 0 Å². The van der Waals surface area contributed by atoms with E-state index in [9.17, 15) is 0 Å². The lowest BCUT2D eigenvalue weighted by Gasteiger charge is -1.87. The highest BCUT2D eigenvalue weighted by Crippen LogP contribution is 1.96. The Hall–Kier alpha value is 0.0900. The van der Waals surface area contributed by atoms with Gasteiger partial charge in [-0.1, -0.05) is 31.9 Å². The van der Waals surface area contributed by atoms with Crippen LogP contribution >= 0.6 is 12.6 Å². The van der Waals surface area contributed by atoms with E-state index < -0.39 is 0 Å². The van der Waals surface area contributed by atoms with Crippen molar-refractivity contribution in [1.29, 1.82) is 0 Å². The molecule has 0 aromatic rings. The van der Waals surface area contributed by atoms with Crippen molar-refractivity contribution in [2.75, 3.05) is 5.75 Å². The normalized spacial score (nSPS) is 10.9. The molecule has 0 N–H and O–H groups in total. The number of unbranched alkanes of at least 4 members (excludes halogenated alkanes) is 2. The molecule has 0 fully saturated rings. The lowest BCUT2D eigenvalue weighted by atomic mass is 10.2. The summed E-state index contributed by atoms with van der Waals surface area (Å²) in [7, 11) is 0. The molecule has 0 aromatic heterocycles. The van der Waals surface area contributed by atoms with Crippen LogP contribution in [0.25, 0.3) is 0 Å². The molecule has 0 aliphatic carbocycles. The molecule has 0 spiro atoms. The van der Waals surface area contributed by atoms with E-state index in [2.05, 4.69) is 31.7 Å². The largest absolute Gasteiger partial charge is 0.179 e. The van der Waals surface area contributed by atoms with Crippen LogP contribution in [0, 0.1) is 0 Å². The van der Waals surface area contributed by atoms with Crippen LogP contribution in [0.3, 0.4) is 0 Å². The summed E-state index contributed by atoms with van der Waals surface area (Å²) < 4.78 is 0. The van der Waals surface area contributed by atoms with Gasteiger partial charge >= 0.3 is 0 Å². The second-order valence-electron chi connectivity index (χ2n) is 2.13. The van der Waals surface area contributed by atoms with E-state index in [0.717, 1.165) is 12.2 Å². The summed E-state index contributed by atoms with van der Waals surface area (Å²) in [5.74, 6) is 0.975. The Balaban J connectivity index is 2.86. The third kappa shape index (κ3) is 8.09. The molecule has 0 bridgehead atoms. The number of allylic oxidation sites excluding steroid dienone is 2. The molecule has 0 unspecified atom stereocenters. The number of hydrogen-bond donors (Lipinski definition) is 1. The maximum absolute atomic E-state index is 4.09. The van der Waals surface area contributed by atoms with E-state index in [0.29, 0.717) is 0 Å². The number of hydrogen-bond acceptors (Lipinski definition) is 1. The first-order chi connectivity index (χ1) is 4.41. The summed E-state index contributed by atoms with van der Waals surface area (Å²) in [6, 6.07) is 0. The fraction of sp³-hybridized carbons (Fsp3) is 0.750. The standard InChI is InChI=1S/C8H16S/c1-2-3-4-5-6-7-8-9/h5-6,9H,2-4,7-8H2,1H3/b6-5+. The smallest absolute Gasteiger partial charge is 0.00633 e. The van der Waals surface area contributed by atoms with Crippen molar-refractivity contribution in [3.05, 3.63) is 12.2 Å². The van der Waals surface area contributed by atoms with Crippen molar-refractivity contribution in [3.8, 4) is 0 Å². The van der Waals surface area contributed by atoms with Crippen LogP contribution in [-0.2, 0) is 0 Å². The van der Waals surface area contributed by atoms with Crippen molar-refractivity contribution in [2.24, 2.45) is 0 Å². The molecule has 0 aromatic carbocycles. The summed E-state index contributed by atoms with van der Waals surface area (Å²) in [6.45, 7) is 2.21. The Morgan fingerprint density at radius 1 is 1.22 bits per heavy atom. The fourth-order valence-electron chi connectivity index (χ4n) is 0.632. The average molecular weight is 144 g/mol. The summed E-state index contributed by atoms with van der Waals surface area (Å²) in [4.78, 5) is 0. The molecule has 1 heteroatoms. The van der Waals surface area contributed by atoms with E-state index >= 15 is 0 Å². The zero-order chi connectivity index (χ0) is 6.95. The Bertz CT molecular complexity index is 67.0. The van der Waals surface area contributed by atoms with E-state index in [4.69, 9.17) is 0 Å². The van der Waals surface area contributed by atoms with Crippen molar-refractivity contribution < 1.29 is 0 Å². The highest BCUT2D eigenvalue weighted by atomic mass is 32.1. The zero-order valence-corrected chi connectivity index (χ0v) is 7.03. The maximum atomic E-state index is 4.09. The summed E-state index contributed by atoms with van der Waals surface area (Å²) in [5.41, 5.74) is 0. The minimum Gasteiger partial charge on any atom is -0.179 e. The highest BCUT2D eigenvalue weighted by molar-refractivity contribution is 7.80. The molecule has 0 aliphatic rings. The van der Waals surface area contributed by atoms with Crippen molar-refractivity contribution >= 4 is 12.6 Å². The van der Waals surface area contributed by atoms with E-state index in [1.54, 1.807) is 0 Å². The van der Waals surface area contributed by atoms with Crippen LogP contribution in [0.4, 0.5) is 0 Å². The molecular formula is C8H16S. The van der Waals surface area contributed by atoms with Crippen LogP contribution in [0.15, 0.2) is 12.2 Å². The first-order valence-corrected chi connectivity index (χ1v) is 4.31. The minimum atomic E-state index is 0.975. The van der Waals surface area contributed by atoms with Gasteiger partial charge in [0.05, 0.1) is 0 Å². The second kappa shape index (κ2) is 8.09. The van der Waals surface area contributed by atoms with Gasteiger partial charge in [-0.15, -0.1) is 0 Å². The molecule has 0 aliphatic heterocycles. The quantitative estimate of drug-likeness (QED) is 0.342. The van der Waals surface area contributed by atoms with Gasteiger partial charge in [-0.2, -0.15) is 12.6 Å². The number of thiol groups is 1. The average Bonchev–Trinajstić information content (AvgIpc) is 1.89. The molecular weight excluding hydrogens is 128 g/mol. The molecule has 0 atom stereocenters. The molecule has 0 radical (unpaired) electrons. The minimum absolute atomic E-state index is 0.975. The van der Waals surface area contributed by atoms with Crippen molar-refractivity contribution in [1.82, 2.24) is 0 Å². The Morgan fingerprint density at radius 3 is 2.44 bits per heavy atom. The molecule has 0 heterocycles. The van der Waals surface area contributed by atoms with Crippen LogP contribution in [0.1, 0.15) is 32.6 Å². The van der Waals surface area contributed by atoms with Crippen LogP contribution in [0.2, 0.25) is 0 Å². The first kappa shape index (κ1) is 9.09. The third-order valence-electron chi connectivity index (χ3n) is 1.19. The molecule has 0 rings (SSSR count). The lowest BCUT2D eigenvalue weighted by molar-refractivity contribution is 0.813. The van der Waals surface area contributed by atoms with Gasteiger partial charge in [0.1, 0.15) is 0 Å². The number of rotatable bonds is 5. The van der Waals surface area contributed by atoms with Gasteiger partial charge in [0.15, 0.2) is 0 Å². The molecule has 54 valence electrons. The second-order valence-corrected chi connectivity index (χ2v) is 2.57. The van der Waals surface area contributed by atoms with E-state index in [-0.39, 0.29) is 0 Å². The van der Waals surface area contributed by atoms with Gasteiger partial charge in [-0.05, 0) is 18.6 Å². The summed E-state index contributed by atoms with van der Waals surface area (Å²) in [5, 5.41) is 0. The molecule has 0 amide bonds. The Morgan fingerprint density at radius 2 is 1.89 bits per heavy atom. The van der Waals surface area contributed by atoms with Gasteiger partial charge in [-0.3, -0.25) is 0 Å². The fourth-order valence-corrected chi connectivity index (χ4v) is 0.781. The van der Waals surface area contributed by atoms with Crippen LogP contribution < -0.4 is 0 Å². The third-order valence-corrected chi connectivity index (χ3v) is 1.44. The van der Waals surface area contributed by atoms with E-state index in [1.165, 1.54) is 19.3 Å². The molecule has 0 saturated heterocycles. The molecule has 0 saturated carbocycles. The summed E-state index contributed by atoms with van der Waals surface area (Å²) in [6.07, 6.45) is 9.44. The Labute approximate surface area is 63.8 Å². The molecule has 0 nitrogen and oxygen atoms in total. The van der Waals surface area contributed by atoms with E-state index in [1.807, 2.05) is 0 Å². The monoisotopic (exact) mass is 144 g/mol. The molecule has 9 heavy (non-hydrogen) atoms. The van der Waals surface area contributed by atoms with Gasteiger partial charge in [0, 0.05) is 0 Å². The summed E-state index contributed by atoms with van der Waals surface area (Å²) >= 11 is 4.09. The Kier molecular flexibility index (Phi) is 8.17.